The van der Waals surface area contributed by atoms with Crippen molar-refractivity contribution >= 4 is 15.9 Å². The Morgan fingerprint density at radius 3 is 2.26 bits per heavy atom. The number of hydrogen-bond acceptors (Lipinski definition) is 5. The minimum absolute atomic E-state index is 0.0923. The molecule has 0 N–H and O–H groups in total. The molecule has 0 saturated carbocycles. The van der Waals surface area contributed by atoms with E-state index in [1.807, 2.05) is 13.0 Å². The molecule has 0 radical (unpaired) electrons. The van der Waals surface area contributed by atoms with E-state index in [9.17, 15) is 0 Å². The summed E-state index contributed by atoms with van der Waals surface area (Å²) in [5, 5.41) is 0. The van der Waals surface area contributed by atoms with Crippen LogP contribution in [0.5, 0.6) is 11.5 Å². The Kier molecular flexibility index (Phi) is 7.15. The van der Waals surface area contributed by atoms with Gasteiger partial charge in [0.2, 0.25) is 0 Å². The second-order valence-corrected chi connectivity index (χ2v) is 4.60. The van der Waals surface area contributed by atoms with Crippen LogP contribution in [0, 0.1) is 0 Å². The van der Waals surface area contributed by atoms with Gasteiger partial charge in [0.15, 0.2) is 13.6 Å². The molecule has 0 bridgehead atoms. The van der Waals surface area contributed by atoms with Gasteiger partial charge in [0.05, 0.1) is 10.6 Å². The summed E-state index contributed by atoms with van der Waals surface area (Å²) in [5.41, 5.74) is 0.933. The van der Waals surface area contributed by atoms with E-state index in [0.29, 0.717) is 11.5 Å². The van der Waals surface area contributed by atoms with Crippen molar-refractivity contribution in [3.05, 3.63) is 22.2 Å². The summed E-state index contributed by atoms with van der Waals surface area (Å²) in [6, 6.07) is 3.66. The molecule has 1 aromatic carbocycles. The van der Waals surface area contributed by atoms with Gasteiger partial charge in [-0.2, -0.15) is 0 Å². The summed E-state index contributed by atoms with van der Waals surface area (Å²) in [4.78, 5) is 0. The van der Waals surface area contributed by atoms with E-state index in [0.717, 1.165) is 10.0 Å². The number of hydrogen-bond donors (Lipinski definition) is 0. The largest absolute Gasteiger partial charge is 0.467 e. The van der Waals surface area contributed by atoms with Crippen LogP contribution in [0.2, 0.25) is 0 Å². The van der Waals surface area contributed by atoms with Gasteiger partial charge in [-0.25, -0.2) is 0 Å². The Bertz CT molecular complexity index is 397. The molecule has 0 saturated heterocycles. The summed E-state index contributed by atoms with van der Waals surface area (Å²) >= 11 is 3.51. The van der Waals surface area contributed by atoms with E-state index >= 15 is 0 Å². The normalized spacial score (nSPS) is 12.3. The third kappa shape index (κ3) is 4.65. The first-order chi connectivity index (χ1) is 9.13. The Labute approximate surface area is 121 Å². The standard InChI is InChI=1S/C13H19BrO5/c1-9(17-4)11-5-10(18-7-15-2)6-12(13(11)14)19-8-16-3/h5-6,9H,7-8H2,1-4H3. The van der Waals surface area contributed by atoms with Crippen molar-refractivity contribution in [3.63, 3.8) is 0 Å². The average Bonchev–Trinajstić information content (AvgIpc) is 2.43. The topological polar surface area (TPSA) is 46.2 Å². The van der Waals surface area contributed by atoms with Crippen LogP contribution in [-0.4, -0.2) is 34.9 Å². The van der Waals surface area contributed by atoms with Crippen LogP contribution in [0.15, 0.2) is 16.6 Å². The average molecular weight is 335 g/mol. The maximum absolute atomic E-state index is 5.50. The molecule has 6 heteroatoms. The lowest BCUT2D eigenvalue weighted by Crippen LogP contribution is -2.05. The molecule has 0 fully saturated rings. The summed E-state index contributed by atoms with van der Waals surface area (Å²) in [7, 11) is 4.78. The van der Waals surface area contributed by atoms with Gasteiger partial charge in [-0.1, -0.05) is 0 Å². The van der Waals surface area contributed by atoms with Gasteiger partial charge in [0.25, 0.3) is 0 Å². The molecule has 1 atom stereocenters. The van der Waals surface area contributed by atoms with E-state index in [2.05, 4.69) is 15.9 Å². The molecule has 1 rings (SSSR count). The Balaban J connectivity index is 3.06. The highest BCUT2D eigenvalue weighted by Crippen LogP contribution is 2.37. The summed E-state index contributed by atoms with van der Waals surface area (Å²) < 4.78 is 26.9. The molecule has 108 valence electrons. The van der Waals surface area contributed by atoms with Crippen molar-refractivity contribution in [2.45, 2.75) is 13.0 Å². The van der Waals surface area contributed by atoms with Crippen LogP contribution in [0.4, 0.5) is 0 Å². The molecule has 0 aromatic heterocycles. The first-order valence-corrected chi connectivity index (χ1v) is 6.53. The highest BCUT2D eigenvalue weighted by molar-refractivity contribution is 9.10. The van der Waals surface area contributed by atoms with Gasteiger partial charge in [-0.05, 0) is 28.9 Å². The number of halogens is 1. The molecule has 1 unspecified atom stereocenters. The van der Waals surface area contributed by atoms with Crippen molar-refractivity contribution in [3.8, 4) is 11.5 Å². The lowest BCUT2D eigenvalue weighted by atomic mass is 10.1. The lowest BCUT2D eigenvalue weighted by molar-refractivity contribution is 0.0448. The van der Waals surface area contributed by atoms with Crippen LogP contribution in [0.25, 0.3) is 0 Å². The van der Waals surface area contributed by atoms with Crippen LogP contribution in [0.3, 0.4) is 0 Å². The third-order valence-corrected chi connectivity index (χ3v) is 3.36. The van der Waals surface area contributed by atoms with Crippen molar-refractivity contribution in [2.24, 2.45) is 0 Å². The van der Waals surface area contributed by atoms with Crippen LogP contribution in [-0.2, 0) is 14.2 Å². The molecule has 5 nitrogen and oxygen atoms in total. The SMILES string of the molecule is COCOc1cc(OCOC)c(Br)c(C(C)OC)c1. The maximum atomic E-state index is 5.50. The fraction of sp³-hybridized carbons (Fsp3) is 0.538. The smallest absolute Gasteiger partial charge is 0.188 e. The fourth-order valence-electron chi connectivity index (χ4n) is 1.45. The number of benzene rings is 1. The Morgan fingerprint density at radius 2 is 1.68 bits per heavy atom. The van der Waals surface area contributed by atoms with Crippen LogP contribution >= 0.6 is 15.9 Å². The first-order valence-electron chi connectivity index (χ1n) is 5.73. The maximum Gasteiger partial charge on any atom is 0.188 e. The fourth-order valence-corrected chi connectivity index (χ4v) is 2.12. The van der Waals surface area contributed by atoms with E-state index in [-0.39, 0.29) is 19.7 Å². The minimum atomic E-state index is -0.0923. The van der Waals surface area contributed by atoms with Gasteiger partial charge in [0, 0.05) is 33.0 Å². The van der Waals surface area contributed by atoms with Crippen molar-refractivity contribution in [2.75, 3.05) is 34.9 Å². The van der Waals surface area contributed by atoms with Gasteiger partial charge >= 0.3 is 0 Å². The molecule has 0 heterocycles. The van der Waals surface area contributed by atoms with Gasteiger partial charge in [-0.15, -0.1) is 0 Å². The van der Waals surface area contributed by atoms with Crippen LogP contribution in [0.1, 0.15) is 18.6 Å². The second kappa shape index (κ2) is 8.37. The highest BCUT2D eigenvalue weighted by Gasteiger charge is 2.16. The van der Waals surface area contributed by atoms with Gasteiger partial charge in [0.1, 0.15) is 11.5 Å². The molecule has 0 aliphatic carbocycles. The zero-order valence-corrected chi connectivity index (χ0v) is 13.2. The monoisotopic (exact) mass is 334 g/mol. The van der Waals surface area contributed by atoms with Crippen molar-refractivity contribution < 1.29 is 23.7 Å². The first kappa shape index (κ1) is 16.2. The summed E-state index contributed by atoms with van der Waals surface area (Å²) in [6.45, 7) is 2.28. The zero-order chi connectivity index (χ0) is 14.3. The van der Waals surface area contributed by atoms with Crippen molar-refractivity contribution in [1.29, 1.82) is 0 Å². The summed E-state index contributed by atoms with van der Waals surface area (Å²) in [5.74, 6) is 1.28. The molecule has 0 aliphatic heterocycles. The predicted molar refractivity (Wildman–Crippen MR) is 74.6 cm³/mol. The molecule has 0 aliphatic rings. The molecule has 0 amide bonds. The summed E-state index contributed by atoms with van der Waals surface area (Å²) in [6.07, 6.45) is -0.0923. The van der Waals surface area contributed by atoms with E-state index in [4.69, 9.17) is 23.7 Å². The van der Waals surface area contributed by atoms with Gasteiger partial charge in [-0.3, -0.25) is 0 Å². The molecular weight excluding hydrogens is 316 g/mol. The van der Waals surface area contributed by atoms with Gasteiger partial charge < -0.3 is 23.7 Å². The molecular formula is C13H19BrO5. The van der Waals surface area contributed by atoms with E-state index in [1.165, 1.54) is 0 Å². The molecule has 19 heavy (non-hydrogen) atoms. The van der Waals surface area contributed by atoms with Crippen molar-refractivity contribution in [1.82, 2.24) is 0 Å². The Morgan fingerprint density at radius 1 is 1.05 bits per heavy atom. The molecule has 1 aromatic rings. The minimum Gasteiger partial charge on any atom is -0.467 e. The quantitative estimate of drug-likeness (QED) is 0.683. The number of ether oxygens (including phenoxy) is 5. The Hall–Kier alpha value is -0.820. The predicted octanol–water partition coefficient (Wildman–Crippen LogP) is 3.12. The zero-order valence-electron chi connectivity index (χ0n) is 11.6. The third-order valence-electron chi connectivity index (χ3n) is 2.51. The number of rotatable bonds is 8. The second-order valence-electron chi connectivity index (χ2n) is 3.80. The van der Waals surface area contributed by atoms with E-state index in [1.54, 1.807) is 27.4 Å². The lowest BCUT2D eigenvalue weighted by Gasteiger charge is -2.17. The number of methoxy groups -OCH3 is 3. The highest BCUT2D eigenvalue weighted by atomic mass is 79.9. The molecule has 0 spiro atoms. The van der Waals surface area contributed by atoms with Crippen LogP contribution < -0.4 is 9.47 Å². The van der Waals surface area contributed by atoms with E-state index < -0.39 is 0 Å².